The Morgan fingerprint density at radius 3 is 2.82 bits per heavy atom. The number of aromatic amines is 1. The lowest BCUT2D eigenvalue weighted by molar-refractivity contribution is -0.384. The molecule has 0 aliphatic heterocycles. The highest BCUT2D eigenvalue weighted by Crippen LogP contribution is 2.26. The minimum absolute atomic E-state index is 0.0738. The number of fused-ring (bicyclic) bond motifs is 2. The van der Waals surface area contributed by atoms with Crippen molar-refractivity contribution in [3.63, 3.8) is 0 Å². The summed E-state index contributed by atoms with van der Waals surface area (Å²) >= 11 is 4.59. The van der Waals surface area contributed by atoms with Crippen LogP contribution in [0.2, 0.25) is 0 Å². The molecule has 33 heavy (non-hydrogen) atoms. The van der Waals surface area contributed by atoms with Crippen LogP contribution >= 0.6 is 27.3 Å². The SMILES string of the molecule is O=C(NNc1nc(-c2cc3cc(Br)ccc3oc2=O)cs1)c1cc2ccc([N+](=O)[O-])cc2[nH]1. The number of benzene rings is 2. The Bertz CT molecular complexity index is 1620. The minimum atomic E-state index is -0.516. The Morgan fingerprint density at radius 2 is 2.00 bits per heavy atom. The molecule has 0 unspecified atom stereocenters. The van der Waals surface area contributed by atoms with Gasteiger partial charge in [-0.2, -0.15) is 0 Å². The molecule has 3 N–H and O–H groups in total. The molecule has 0 saturated carbocycles. The van der Waals surface area contributed by atoms with E-state index in [2.05, 4.69) is 36.7 Å². The summed E-state index contributed by atoms with van der Waals surface area (Å²) in [5.41, 5.74) is 6.51. The number of hydrazine groups is 1. The Balaban J connectivity index is 1.33. The van der Waals surface area contributed by atoms with Crippen molar-refractivity contribution in [1.82, 2.24) is 15.4 Å². The maximum absolute atomic E-state index is 12.5. The van der Waals surface area contributed by atoms with Gasteiger partial charge in [0.25, 0.3) is 11.6 Å². The molecule has 0 spiro atoms. The smallest absolute Gasteiger partial charge is 0.345 e. The number of anilines is 1. The van der Waals surface area contributed by atoms with Gasteiger partial charge in [0.1, 0.15) is 11.3 Å². The molecule has 10 nitrogen and oxygen atoms in total. The molecular formula is C21H12BrN5O5S. The molecule has 3 aromatic heterocycles. The number of nitro benzene ring substituents is 1. The van der Waals surface area contributed by atoms with Gasteiger partial charge < -0.3 is 9.40 Å². The van der Waals surface area contributed by atoms with Gasteiger partial charge in [0.2, 0.25) is 5.13 Å². The molecule has 5 aromatic rings. The molecule has 0 saturated heterocycles. The molecule has 0 bridgehead atoms. The fourth-order valence-electron chi connectivity index (χ4n) is 3.26. The number of halogens is 1. The second-order valence-corrected chi connectivity index (χ2v) is 8.73. The van der Waals surface area contributed by atoms with Gasteiger partial charge >= 0.3 is 5.63 Å². The number of hydrogen-bond acceptors (Lipinski definition) is 8. The first-order chi connectivity index (χ1) is 15.9. The van der Waals surface area contributed by atoms with Gasteiger partial charge in [-0.3, -0.25) is 25.8 Å². The van der Waals surface area contributed by atoms with Gasteiger partial charge in [-0.25, -0.2) is 9.78 Å². The third-order valence-electron chi connectivity index (χ3n) is 4.82. The number of aromatic nitrogens is 2. The van der Waals surface area contributed by atoms with Crippen LogP contribution in [0, 0.1) is 10.1 Å². The molecule has 0 radical (unpaired) electrons. The number of non-ortho nitro benzene ring substituents is 1. The fraction of sp³-hybridized carbons (Fsp3) is 0. The normalized spacial score (nSPS) is 11.1. The Kier molecular flexibility index (Phi) is 5.15. The largest absolute Gasteiger partial charge is 0.422 e. The zero-order valence-corrected chi connectivity index (χ0v) is 18.8. The van der Waals surface area contributed by atoms with E-state index in [0.717, 1.165) is 9.86 Å². The van der Waals surface area contributed by atoms with Crippen LogP contribution in [0.15, 0.2) is 67.6 Å². The van der Waals surface area contributed by atoms with Crippen molar-refractivity contribution in [2.45, 2.75) is 0 Å². The van der Waals surface area contributed by atoms with Crippen molar-refractivity contribution in [1.29, 1.82) is 0 Å². The van der Waals surface area contributed by atoms with Crippen molar-refractivity contribution < 1.29 is 14.1 Å². The van der Waals surface area contributed by atoms with Crippen molar-refractivity contribution in [3.8, 4) is 11.3 Å². The summed E-state index contributed by atoms with van der Waals surface area (Å²) in [4.78, 5) is 42.5. The molecule has 0 atom stereocenters. The second-order valence-electron chi connectivity index (χ2n) is 6.96. The van der Waals surface area contributed by atoms with E-state index in [4.69, 9.17) is 4.42 Å². The van der Waals surface area contributed by atoms with Gasteiger partial charge in [-0.15, -0.1) is 11.3 Å². The number of amides is 1. The van der Waals surface area contributed by atoms with Crippen molar-refractivity contribution in [2.24, 2.45) is 0 Å². The molecule has 5 rings (SSSR count). The van der Waals surface area contributed by atoms with Crippen molar-refractivity contribution >= 4 is 65.9 Å². The maximum Gasteiger partial charge on any atom is 0.345 e. The highest BCUT2D eigenvalue weighted by atomic mass is 79.9. The number of nitrogens with one attached hydrogen (secondary N) is 3. The van der Waals surface area contributed by atoms with E-state index in [1.165, 1.54) is 23.5 Å². The van der Waals surface area contributed by atoms with Gasteiger partial charge in [0, 0.05) is 32.8 Å². The summed E-state index contributed by atoms with van der Waals surface area (Å²) in [6.45, 7) is 0. The van der Waals surface area contributed by atoms with E-state index in [1.807, 2.05) is 6.07 Å². The third-order valence-corrected chi connectivity index (χ3v) is 6.07. The van der Waals surface area contributed by atoms with Crippen LogP contribution in [-0.4, -0.2) is 20.8 Å². The molecule has 3 heterocycles. The van der Waals surface area contributed by atoms with E-state index >= 15 is 0 Å². The van der Waals surface area contributed by atoms with Crippen LogP contribution in [0.4, 0.5) is 10.8 Å². The summed E-state index contributed by atoms with van der Waals surface area (Å²) in [5, 5.41) is 14.4. The molecule has 0 fully saturated rings. The topological polar surface area (TPSA) is 143 Å². The van der Waals surface area contributed by atoms with Gasteiger partial charge in [-0.1, -0.05) is 15.9 Å². The van der Waals surface area contributed by atoms with Gasteiger partial charge in [0.15, 0.2) is 0 Å². The molecule has 0 aliphatic rings. The summed E-state index contributed by atoms with van der Waals surface area (Å²) in [6.07, 6.45) is 0. The van der Waals surface area contributed by atoms with Crippen LogP contribution in [0.1, 0.15) is 10.5 Å². The lowest BCUT2D eigenvalue weighted by Gasteiger charge is -2.03. The first-order valence-corrected chi connectivity index (χ1v) is 11.1. The Labute approximate surface area is 196 Å². The fourth-order valence-corrected chi connectivity index (χ4v) is 4.30. The van der Waals surface area contributed by atoms with Crippen LogP contribution in [0.3, 0.4) is 0 Å². The average Bonchev–Trinajstić information content (AvgIpc) is 3.43. The van der Waals surface area contributed by atoms with Gasteiger partial charge in [0.05, 0.1) is 21.7 Å². The predicted octanol–water partition coefficient (Wildman–Crippen LogP) is 4.83. The summed E-state index contributed by atoms with van der Waals surface area (Å²) in [6, 6.07) is 12.9. The number of carbonyl (C=O) groups is 1. The molecule has 0 aliphatic carbocycles. The number of nitro groups is 1. The van der Waals surface area contributed by atoms with Crippen LogP contribution < -0.4 is 16.5 Å². The van der Waals surface area contributed by atoms with Crippen molar-refractivity contribution in [3.05, 3.63) is 84.6 Å². The average molecular weight is 526 g/mol. The van der Waals surface area contributed by atoms with E-state index in [0.29, 0.717) is 32.9 Å². The molecular weight excluding hydrogens is 514 g/mol. The van der Waals surface area contributed by atoms with Crippen LogP contribution in [0.25, 0.3) is 33.1 Å². The molecule has 12 heteroatoms. The molecule has 164 valence electrons. The van der Waals surface area contributed by atoms with Crippen LogP contribution in [0.5, 0.6) is 0 Å². The highest BCUT2D eigenvalue weighted by molar-refractivity contribution is 9.10. The van der Waals surface area contributed by atoms with E-state index in [9.17, 15) is 19.7 Å². The van der Waals surface area contributed by atoms with E-state index in [-0.39, 0.29) is 11.4 Å². The molecule has 1 amide bonds. The Morgan fingerprint density at radius 1 is 1.15 bits per heavy atom. The lowest BCUT2D eigenvalue weighted by atomic mass is 10.1. The first-order valence-electron chi connectivity index (χ1n) is 9.40. The van der Waals surface area contributed by atoms with Crippen molar-refractivity contribution in [2.75, 3.05) is 5.43 Å². The second kappa shape index (κ2) is 8.15. The summed E-state index contributed by atoms with van der Waals surface area (Å²) in [7, 11) is 0. The number of carbonyl (C=O) groups excluding carboxylic acids is 1. The number of H-pyrrole nitrogens is 1. The third kappa shape index (κ3) is 4.08. The first kappa shape index (κ1) is 20.8. The minimum Gasteiger partial charge on any atom is -0.422 e. The number of hydrogen-bond donors (Lipinski definition) is 3. The zero-order valence-electron chi connectivity index (χ0n) is 16.4. The van der Waals surface area contributed by atoms with E-state index in [1.54, 1.807) is 35.7 Å². The Hall–Kier alpha value is -4.03. The number of rotatable bonds is 5. The maximum atomic E-state index is 12.5. The number of thiazole rings is 1. The zero-order chi connectivity index (χ0) is 23.1. The molecule has 2 aromatic carbocycles. The lowest BCUT2D eigenvalue weighted by Crippen LogP contribution is -2.29. The van der Waals surface area contributed by atoms with Gasteiger partial charge in [-0.05, 0) is 36.4 Å². The summed E-state index contributed by atoms with van der Waals surface area (Å²) in [5.74, 6) is -0.485. The predicted molar refractivity (Wildman–Crippen MR) is 127 cm³/mol. The monoisotopic (exact) mass is 525 g/mol. The standard InChI is InChI=1S/C21H12BrN5O5S/c22-12-2-4-18-11(5-12)6-14(20(29)32-18)17-9-33-21(24-17)26-25-19(28)16-7-10-1-3-13(27(30)31)8-15(10)23-16/h1-9,23H,(H,24,26)(H,25,28). The quantitative estimate of drug-likeness (QED) is 0.169. The highest BCUT2D eigenvalue weighted by Gasteiger charge is 2.15. The van der Waals surface area contributed by atoms with E-state index < -0.39 is 16.5 Å². The summed E-state index contributed by atoms with van der Waals surface area (Å²) < 4.78 is 6.22. The van der Waals surface area contributed by atoms with Crippen LogP contribution in [-0.2, 0) is 0 Å². The number of nitrogens with zero attached hydrogens (tertiary/aromatic N) is 2.